The third-order valence-electron chi connectivity index (χ3n) is 2.91. The maximum absolute atomic E-state index is 3.65. The summed E-state index contributed by atoms with van der Waals surface area (Å²) in [7, 11) is 0. The van der Waals surface area contributed by atoms with E-state index in [0.717, 1.165) is 12.5 Å². The van der Waals surface area contributed by atoms with Crippen LogP contribution in [0.4, 0.5) is 0 Å². The molecule has 1 aromatic rings. The quantitative estimate of drug-likeness (QED) is 0.748. The van der Waals surface area contributed by atoms with Gasteiger partial charge in [0.25, 0.3) is 0 Å². The van der Waals surface area contributed by atoms with Gasteiger partial charge in [0, 0.05) is 10.9 Å². The molecule has 16 heavy (non-hydrogen) atoms. The first-order valence-corrected chi connectivity index (χ1v) is 7.76. The fourth-order valence-electron chi connectivity index (χ4n) is 1.70. The lowest BCUT2D eigenvalue weighted by molar-refractivity contribution is 0.406. The number of rotatable bonds is 7. The third kappa shape index (κ3) is 4.56. The molecule has 0 aliphatic carbocycles. The van der Waals surface area contributed by atoms with Crippen LogP contribution in [0.25, 0.3) is 0 Å². The van der Waals surface area contributed by atoms with Gasteiger partial charge in [-0.1, -0.05) is 27.2 Å². The Morgan fingerprint density at radius 1 is 1.38 bits per heavy atom. The predicted octanol–water partition coefficient (Wildman–Crippen LogP) is 4.99. The first-order chi connectivity index (χ1) is 7.67. The molecular formula is C13H22BrNS. The van der Waals surface area contributed by atoms with Crippen molar-refractivity contribution in [2.24, 2.45) is 5.92 Å². The van der Waals surface area contributed by atoms with Crippen LogP contribution >= 0.6 is 27.3 Å². The molecule has 1 aromatic heterocycles. The summed E-state index contributed by atoms with van der Waals surface area (Å²) in [6.07, 6.45) is 3.70. The zero-order chi connectivity index (χ0) is 12.0. The SMILES string of the molecule is CCCNC(CC(C)CC)c1ccc(Br)s1. The minimum absolute atomic E-state index is 0.534. The van der Waals surface area contributed by atoms with Crippen molar-refractivity contribution in [2.45, 2.75) is 46.1 Å². The molecule has 0 aliphatic rings. The standard InChI is InChI=1S/C13H22BrNS/c1-4-8-15-11(9-10(3)5-2)12-6-7-13(14)16-12/h6-7,10-11,15H,4-5,8-9H2,1-3H3. The highest BCUT2D eigenvalue weighted by Gasteiger charge is 2.15. The summed E-state index contributed by atoms with van der Waals surface area (Å²) in [6.45, 7) is 7.93. The minimum Gasteiger partial charge on any atom is -0.309 e. The second-order valence-electron chi connectivity index (χ2n) is 4.40. The van der Waals surface area contributed by atoms with Gasteiger partial charge in [0.05, 0.1) is 3.79 Å². The number of nitrogens with one attached hydrogen (secondary N) is 1. The van der Waals surface area contributed by atoms with Gasteiger partial charge in [0.2, 0.25) is 0 Å². The van der Waals surface area contributed by atoms with Crippen molar-refractivity contribution in [1.82, 2.24) is 5.32 Å². The highest BCUT2D eigenvalue weighted by Crippen LogP contribution is 2.31. The molecule has 0 aromatic carbocycles. The summed E-state index contributed by atoms with van der Waals surface area (Å²) < 4.78 is 1.23. The summed E-state index contributed by atoms with van der Waals surface area (Å²) in [5, 5.41) is 3.65. The van der Waals surface area contributed by atoms with Crippen LogP contribution in [0.2, 0.25) is 0 Å². The lowest BCUT2D eigenvalue weighted by Gasteiger charge is -2.20. The lowest BCUT2D eigenvalue weighted by atomic mass is 9.98. The van der Waals surface area contributed by atoms with Gasteiger partial charge in [-0.25, -0.2) is 0 Å². The van der Waals surface area contributed by atoms with Crippen LogP contribution in [0.15, 0.2) is 15.9 Å². The monoisotopic (exact) mass is 303 g/mol. The van der Waals surface area contributed by atoms with Crippen LogP contribution in [0.5, 0.6) is 0 Å². The van der Waals surface area contributed by atoms with Crippen molar-refractivity contribution in [3.05, 3.63) is 20.8 Å². The van der Waals surface area contributed by atoms with Gasteiger partial charge in [0.1, 0.15) is 0 Å². The third-order valence-corrected chi connectivity index (χ3v) is 4.65. The van der Waals surface area contributed by atoms with E-state index < -0.39 is 0 Å². The van der Waals surface area contributed by atoms with Crippen LogP contribution in [0.1, 0.15) is 51.0 Å². The zero-order valence-electron chi connectivity index (χ0n) is 10.4. The molecule has 0 saturated carbocycles. The van der Waals surface area contributed by atoms with E-state index in [4.69, 9.17) is 0 Å². The van der Waals surface area contributed by atoms with Crippen molar-refractivity contribution in [1.29, 1.82) is 0 Å². The second-order valence-corrected chi connectivity index (χ2v) is 6.89. The van der Waals surface area contributed by atoms with Crippen LogP contribution in [-0.4, -0.2) is 6.54 Å². The molecule has 1 N–H and O–H groups in total. The fourth-order valence-corrected chi connectivity index (χ4v) is 3.22. The van der Waals surface area contributed by atoms with E-state index in [1.165, 1.54) is 27.9 Å². The Bertz CT molecular complexity index is 298. The Morgan fingerprint density at radius 2 is 2.12 bits per heavy atom. The Labute approximate surface area is 112 Å². The highest BCUT2D eigenvalue weighted by molar-refractivity contribution is 9.11. The molecule has 1 heterocycles. The molecule has 0 aliphatic heterocycles. The zero-order valence-corrected chi connectivity index (χ0v) is 12.8. The van der Waals surface area contributed by atoms with Gasteiger partial charge in [-0.15, -0.1) is 11.3 Å². The van der Waals surface area contributed by atoms with E-state index in [1.54, 1.807) is 0 Å². The van der Waals surface area contributed by atoms with Crippen molar-refractivity contribution in [3.8, 4) is 0 Å². The summed E-state index contributed by atoms with van der Waals surface area (Å²) in [6, 6.07) is 4.92. The largest absolute Gasteiger partial charge is 0.309 e. The molecule has 92 valence electrons. The Kier molecular flexibility index (Phi) is 6.62. The first kappa shape index (κ1) is 14.2. The predicted molar refractivity (Wildman–Crippen MR) is 77.1 cm³/mol. The molecule has 2 unspecified atom stereocenters. The van der Waals surface area contributed by atoms with Crippen molar-refractivity contribution < 1.29 is 0 Å². The van der Waals surface area contributed by atoms with E-state index in [2.05, 4.69) is 54.2 Å². The average molecular weight is 304 g/mol. The van der Waals surface area contributed by atoms with Gasteiger partial charge < -0.3 is 5.32 Å². The molecule has 0 fully saturated rings. The van der Waals surface area contributed by atoms with E-state index in [0.29, 0.717) is 6.04 Å². The van der Waals surface area contributed by atoms with Crippen LogP contribution in [-0.2, 0) is 0 Å². The summed E-state index contributed by atoms with van der Waals surface area (Å²) >= 11 is 5.40. The van der Waals surface area contributed by atoms with Gasteiger partial charge in [0.15, 0.2) is 0 Å². The van der Waals surface area contributed by atoms with E-state index in [-0.39, 0.29) is 0 Å². The molecule has 0 amide bonds. The fraction of sp³-hybridized carbons (Fsp3) is 0.692. The van der Waals surface area contributed by atoms with Crippen molar-refractivity contribution >= 4 is 27.3 Å². The average Bonchev–Trinajstić information content (AvgIpc) is 2.70. The molecule has 0 radical (unpaired) electrons. The number of halogens is 1. The molecule has 0 bridgehead atoms. The number of hydrogen-bond donors (Lipinski definition) is 1. The Balaban J connectivity index is 2.62. The number of hydrogen-bond acceptors (Lipinski definition) is 2. The highest BCUT2D eigenvalue weighted by atomic mass is 79.9. The molecule has 3 heteroatoms. The van der Waals surface area contributed by atoms with Crippen LogP contribution in [0, 0.1) is 5.92 Å². The van der Waals surface area contributed by atoms with E-state index in [9.17, 15) is 0 Å². The van der Waals surface area contributed by atoms with Crippen LogP contribution in [0.3, 0.4) is 0 Å². The smallest absolute Gasteiger partial charge is 0.0701 e. The minimum atomic E-state index is 0.534. The molecule has 1 nitrogen and oxygen atoms in total. The maximum atomic E-state index is 3.65. The topological polar surface area (TPSA) is 12.0 Å². The molecule has 0 saturated heterocycles. The lowest BCUT2D eigenvalue weighted by Crippen LogP contribution is -2.23. The molecule has 0 spiro atoms. The van der Waals surface area contributed by atoms with Crippen molar-refractivity contribution in [2.75, 3.05) is 6.54 Å². The van der Waals surface area contributed by atoms with E-state index in [1.807, 2.05) is 11.3 Å². The first-order valence-electron chi connectivity index (χ1n) is 6.16. The normalized spacial score (nSPS) is 15.0. The maximum Gasteiger partial charge on any atom is 0.0701 e. The summed E-state index contributed by atoms with van der Waals surface area (Å²) in [4.78, 5) is 1.46. The molecule has 2 atom stereocenters. The van der Waals surface area contributed by atoms with Crippen LogP contribution < -0.4 is 5.32 Å². The summed E-state index contributed by atoms with van der Waals surface area (Å²) in [5.74, 6) is 0.787. The molecular weight excluding hydrogens is 282 g/mol. The van der Waals surface area contributed by atoms with Crippen molar-refractivity contribution in [3.63, 3.8) is 0 Å². The Morgan fingerprint density at radius 3 is 2.62 bits per heavy atom. The van der Waals surface area contributed by atoms with Gasteiger partial charge in [-0.3, -0.25) is 0 Å². The second kappa shape index (κ2) is 7.46. The summed E-state index contributed by atoms with van der Waals surface area (Å²) in [5.41, 5.74) is 0. The number of thiophene rings is 1. The van der Waals surface area contributed by atoms with Gasteiger partial charge >= 0.3 is 0 Å². The van der Waals surface area contributed by atoms with E-state index >= 15 is 0 Å². The Hall–Kier alpha value is 0.140. The molecule has 1 rings (SSSR count). The van der Waals surface area contributed by atoms with Gasteiger partial charge in [-0.2, -0.15) is 0 Å². The van der Waals surface area contributed by atoms with Gasteiger partial charge in [-0.05, 0) is 53.4 Å².